The molecule has 1 amide bonds. The molecule has 0 spiro atoms. The van der Waals surface area contributed by atoms with Gasteiger partial charge in [-0.2, -0.15) is 0 Å². The van der Waals surface area contributed by atoms with E-state index in [1.54, 1.807) is 14.2 Å². The fourth-order valence-electron chi connectivity index (χ4n) is 1.11. The van der Waals surface area contributed by atoms with Gasteiger partial charge in [0.25, 0.3) is 0 Å². The molecule has 0 radical (unpaired) electrons. The van der Waals surface area contributed by atoms with Gasteiger partial charge in [-0.05, 0) is 13.8 Å². The minimum atomic E-state index is -0.329. The zero-order valence-corrected chi connectivity index (χ0v) is 9.29. The molecule has 5 nitrogen and oxygen atoms in total. The van der Waals surface area contributed by atoms with Gasteiger partial charge in [-0.3, -0.25) is 4.79 Å². The van der Waals surface area contributed by atoms with E-state index >= 15 is 0 Å². The average Bonchev–Trinajstić information content (AvgIpc) is 2.17. The first-order valence-electron chi connectivity index (χ1n) is 4.71. The molecule has 0 saturated carbocycles. The molecule has 1 unspecified atom stereocenters. The lowest BCUT2D eigenvalue weighted by Gasteiger charge is -2.21. The van der Waals surface area contributed by atoms with Crippen LogP contribution in [0.3, 0.4) is 0 Å². The summed E-state index contributed by atoms with van der Waals surface area (Å²) in [5.74, 6) is -0.0229. The largest absolute Gasteiger partial charge is 0.355 e. The van der Waals surface area contributed by atoms with Crippen LogP contribution in [0.25, 0.3) is 0 Å². The number of methoxy groups -OCH3 is 2. The van der Waals surface area contributed by atoms with E-state index < -0.39 is 0 Å². The molecule has 0 aromatic rings. The van der Waals surface area contributed by atoms with Gasteiger partial charge < -0.3 is 20.1 Å². The molecular weight excluding hydrogens is 184 g/mol. The maximum absolute atomic E-state index is 11.1. The van der Waals surface area contributed by atoms with Crippen molar-refractivity contribution in [2.24, 2.45) is 0 Å². The molecule has 1 atom stereocenters. The van der Waals surface area contributed by atoms with Crippen molar-refractivity contribution in [2.45, 2.75) is 26.2 Å². The van der Waals surface area contributed by atoms with E-state index in [4.69, 9.17) is 9.47 Å². The molecule has 0 aliphatic carbocycles. The Morgan fingerprint density at radius 3 is 2.36 bits per heavy atom. The summed E-state index contributed by atoms with van der Waals surface area (Å²) >= 11 is 0. The van der Waals surface area contributed by atoms with Gasteiger partial charge in [0.2, 0.25) is 5.91 Å². The number of carbonyl (C=O) groups excluding carboxylic acids is 1. The van der Waals surface area contributed by atoms with Gasteiger partial charge in [-0.1, -0.05) is 0 Å². The topological polar surface area (TPSA) is 59.6 Å². The summed E-state index contributed by atoms with van der Waals surface area (Å²) in [5.41, 5.74) is 0. The third-order valence-electron chi connectivity index (χ3n) is 1.83. The second-order valence-corrected chi connectivity index (χ2v) is 2.96. The van der Waals surface area contributed by atoms with Crippen LogP contribution in [0.5, 0.6) is 0 Å². The molecule has 0 aromatic heterocycles. The summed E-state index contributed by atoms with van der Waals surface area (Å²) in [6, 6.07) is -0.0207. The highest BCUT2D eigenvalue weighted by Gasteiger charge is 2.15. The Balaban J connectivity index is 3.71. The van der Waals surface area contributed by atoms with Crippen LogP contribution in [0.2, 0.25) is 0 Å². The van der Waals surface area contributed by atoms with Crippen molar-refractivity contribution in [3.05, 3.63) is 0 Å². The van der Waals surface area contributed by atoms with E-state index in [1.807, 2.05) is 13.8 Å². The number of hydrogen-bond donors (Lipinski definition) is 2. The summed E-state index contributed by atoms with van der Waals surface area (Å²) in [5, 5.41) is 5.70. The Bertz CT molecular complexity index is 160. The number of carbonyl (C=O) groups is 1. The summed E-state index contributed by atoms with van der Waals surface area (Å²) in [6.45, 7) is 4.70. The number of ether oxygens (including phenoxy) is 2. The zero-order valence-electron chi connectivity index (χ0n) is 9.29. The quantitative estimate of drug-likeness (QED) is 0.560. The van der Waals surface area contributed by atoms with Crippen LogP contribution in [-0.4, -0.2) is 45.5 Å². The van der Waals surface area contributed by atoms with Crippen LogP contribution in [-0.2, 0) is 14.3 Å². The maximum Gasteiger partial charge on any atom is 0.233 e. The highest BCUT2D eigenvalue weighted by Crippen LogP contribution is 1.97. The van der Waals surface area contributed by atoms with Crippen LogP contribution in [0.4, 0.5) is 0 Å². The minimum Gasteiger partial charge on any atom is -0.355 e. The molecule has 0 heterocycles. The van der Waals surface area contributed by atoms with E-state index in [0.717, 1.165) is 0 Å². The lowest BCUT2D eigenvalue weighted by Crippen LogP contribution is -2.44. The molecule has 0 bridgehead atoms. The SMILES string of the molecule is CCNC(=O)CNC(C)C(OC)OC. The summed E-state index contributed by atoms with van der Waals surface area (Å²) < 4.78 is 10.1. The van der Waals surface area contributed by atoms with E-state index in [0.29, 0.717) is 6.54 Å². The lowest BCUT2D eigenvalue weighted by molar-refractivity contribution is -0.126. The molecule has 0 aliphatic heterocycles. The number of rotatable bonds is 7. The predicted octanol–water partition coefficient (Wildman–Crippen LogP) is -0.280. The minimum absolute atomic E-state index is 0.0207. The normalized spacial score (nSPS) is 12.9. The van der Waals surface area contributed by atoms with Crippen molar-refractivity contribution in [1.82, 2.24) is 10.6 Å². The molecule has 0 fully saturated rings. The molecule has 0 aliphatic rings. The zero-order chi connectivity index (χ0) is 11.0. The third-order valence-corrected chi connectivity index (χ3v) is 1.83. The van der Waals surface area contributed by atoms with Crippen LogP contribution >= 0.6 is 0 Å². The number of hydrogen-bond acceptors (Lipinski definition) is 4. The van der Waals surface area contributed by atoms with Crippen LogP contribution < -0.4 is 10.6 Å². The fourth-order valence-corrected chi connectivity index (χ4v) is 1.11. The van der Waals surface area contributed by atoms with E-state index in [1.165, 1.54) is 0 Å². The molecule has 0 rings (SSSR count). The lowest BCUT2D eigenvalue weighted by atomic mass is 10.3. The van der Waals surface area contributed by atoms with E-state index in [-0.39, 0.29) is 24.8 Å². The molecular formula is C9H20N2O3. The van der Waals surface area contributed by atoms with Crippen molar-refractivity contribution < 1.29 is 14.3 Å². The standard InChI is InChI=1S/C9H20N2O3/c1-5-10-8(12)6-11-7(2)9(13-3)14-4/h7,9,11H,5-6H2,1-4H3,(H,10,12). The summed E-state index contributed by atoms with van der Waals surface area (Å²) in [6.07, 6.45) is -0.329. The van der Waals surface area contributed by atoms with Crippen LogP contribution in [0.1, 0.15) is 13.8 Å². The Kier molecular flexibility index (Phi) is 7.37. The van der Waals surface area contributed by atoms with Crippen molar-refractivity contribution in [1.29, 1.82) is 0 Å². The summed E-state index contributed by atoms with van der Waals surface area (Å²) in [7, 11) is 3.14. The molecule has 0 saturated heterocycles. The van der Waals surface area contributed by atoms with Crippen LogP contribution in [0.15, 0.2) is 0 Å². The van der Waals surface area contributed by atoms with Gasteiger partial charge >= 0.3 is 0 Å². The Hall–Kier alpha value is -0.650. The maximum atomic E-state index is 11.1. The fraction of sp³-hybridized carbons (Fsp3) is 0.889. The molecule has 5 heteroatoms. The number of amides is 1. The van der Waals surface area contributed by atoms with E-state index in [9.17, 15) is 4.79 Å². The number of likely N-dealkylation sites (N-methyl/N-ethyl adjacent to an activating group) is 1. The van der Waals surface area contributed by atoms with E-state index in [2.05, 4.69) is 10.6 Å². The van der Waals surface area contributed by atoms with Crippen molar-refractivity contribution in [2.75, 3.05) is 27.3 Å². The van der Waals surface area contributed by atoms with Crippen molar-refractivity contribution >= 4 is 5.91 Å². The molecule has 2 N–H and O–H groups in total. The van der Waals surface area contributed by atoms with Gasteiger partial charge in [0, 0.05) is 20.8 Å². The molecule has 0 aromatic carbocycles. The third kappa shape index (κ3) is 5.16. The Morgan fingerprint density at radius 1 is 1.36 bits per heavy atom. The summed E-state index contributed by atoms with van der Waals surface area (Å²) in [4.78, 5) is 11.1. The van der Waals surface area contributed by atoms with Gasteiger partial charge in [0.15, 0.2) is 6.29 Å². The Morgan fingerprint density at radius 2 is 1.93 bits per heavy atom. The second-order valence-electron chi connectivity index (χ2n) is 2.96. The first-order chi connectivity index (χ1) is 6.65. The first kappa shape index (κ1) is 13.4. The Labute approximate surface area is 85.1 Å². The van der Waals surface area contributed by atoms with Gasteiger partial charge in [-0.25, -0.2) is 0 Å². The predicted molar refractivity (Wildman–Crippen MR) is 54.0 cm³/mol. The first-order valence-corrected chi connectivity index (χ1v) is 4.71. The monoisotopic (exact) mass is 204 g/mol. The van der Waals surface area contributed by atoms with Crippen LogP contribution in [0, 0.1) is 0 Å². The smallest absolute Gasteiger partial charge is 0.233 e. The van der Waals surface area contributed by atoms with Gasteiger partial charge in [0.05, 0.1) is 12.6 Å². The highest BCUT2D eigenvalue weighted by molar-refractivity contribution is 5.77. The number of nitrogens with one attached hydrogen (secondary N) is 2. The van der Waals surface area contributed by atoms with Gasteiger partial charge in [0.1, 0.15) is 0 Å². The average molecular weight is 204 g/mol. The molecule has 84 valence electrons. The van der Waals surface area contributed by atoms with Crippen molar-refractivity contribution in [3.63, 3.8) is 0 Å². The van der Waals surface area contributed by atoms with Crippen molar-refractivity contribution in [3.8, 4) is 0 Å². The second kappa shape index (κ2) is 7.73. The molecule has 14 heavy (non-hydrogen) atoms. The van der Waals surface area contributed by atoms with Gasteiger partial charge in [-0.15, -0.1) is 0 Å². The highest BCUT2D eigenvalue weighted by atomic mass is 16.7.